The Bertz CT molecular complexity index is 330. The first-order valence-corrected chi connectivity index (χ1v) is 6.70. The molecule has 4 N–H and O–H groups in total. The molecule has 6 heteroatoms. The Kier molecular flexibility index (Phi) is 22.0. The van der Waals surface area contributed by atoms with E-state index in [0.29, 0.717) is 12.9 Å². The predicted molar refractivity (Wildman–Crippen MR) is 87.6 cm³/mol. The third-order valence-corrected chi connectivity index (χ3v) is 1.40. The fourth-order valence-electron chi connectivity index (χ4n) is 0.794. The number of carbonyl (C=O) groups excluding carboxylic acids is 1. The summed E-state index contributed by atoms with van der Waals surface area (Å²) in [5, 5.41) is 14.7. The molecule has 128 valence electrons. The number of nitrogens with two attached hydrogens (primary N) is 1. The van der Waals surface area contributed by atoms with Gasteiger partial charge >= 0.3 is 0 Å². The molecule has 0 saturated carbocycles. The number of hydrogen-bond donors (Lipinski definition) is 3. The second-order valence-electron chi connectivity index (χ2n) is 5.07. The van der Waals surface area contributed by atoms with Crippen molar-refractivity contribution in [1.82, 2.24) is 0 Å². The highest BCUT2D eigenvalue weighted by atomic mass is 16.5. The lowest BCUT2D eigenvalue weighted by Crippen LogP contribution is -2.26. The minimum absolute atomic E-state index is 0. The van der Waals surface area contributed by atoms with Crippen molar-refractivity contribution in [3.8, 4) is 0 Å². The van der Waals surface area contributed by atoms with Crippen LogP contribution in [0.15, 0.2) is 30.3 Å². The highest BCUT2D eigenvalue weighted by Gasteiger charge is 1.95. The van der Waals surface area contributed by atoms with Gasteiger partial charge in [-0.25, -0.2) is 0 Å². The number of hydrogen-bond acceptors (Lipinski definition) is 5. The third kappa shape index (κ3) is 42.9. The summed E-state index contributed by atoms with van der Waals surface area (Å²) < 4.78 is 4.93. The summed E-state index contributed by atoms with van der Waals surface area (Å²) in [5.41, 5.74) is 6.58. The topological polar surface area (TPSA) is 110 Å². The predicted octanol–water partition coefficient (Wildman–Crippen LogP) is 1.85. The van der Waals surface area contributed by atoms with Crippen LogP contribution in [0.25, 0.3) is 0 Å². The van der Waals surface area contributed by atoms with Crippen molar-refractivity contribution in [2.45, 2.75) is 39.3 Å². The summed E-state index contributed by atoms with van der Waals surface area (Å²) >= 11 is 0. The molecule has 1 aromatic rings. The number of carbonyl (C=O) groups is 2. The van der Waals surface area contributed by atoms with Gasteiger partial charge in [0, 0.05) is 25.7 Å². The van der Waals surface area contributed by atoms with Crippen molar-refractivity contribution >= 4 is 12.8 Å². The maximum absolute atomic E-state index is 9.24. The van der Waals surface area contributed by atoms with E-state index < -0.39 is 0 Å². The average Bonchev–Trinajstić information content (AvgIpc) is 2.41. The molecule has 0 spiro atoms. The van der Waals surface area contributed by atoms with Crippen molar-refractivity contribution in [1.29, 1.82) is 0 Å². The number of aliphatic hydroxyl groups excluding tert-OH is 1. The Morgan fingerprint density at radius 3 is 1.82 bits per heavy atom. The summed E-state index contributed by atoms with van der Waals surface area (Å²) in [4.78, 5) is 17.6. The quantitative estimate of drug-likeness (QED) is 0.731. The number of aldehydes is 1. The molecule has 22 heavy (non-hydrogen) atoms. The van der Waals surface area contributed by atoms with Gasteiger partial charge in [0.1, 0.15) is 6.29 Å². The van der Waals surface area contributed by atoms with Gasteiger partial charge in [0.15, 0.2) is 0 Å². The van der Waals surface area contributed by atoms with Crippen LogP contribution in [0.2, 0.25) is 0 Å². The van der Waals surface area contributed by atoms with Gasteiger partial charge < -0.3 is 25.5 Å². The molecule has 1 aromatic carbocycles. The number of methoxy groups -OCH3 is 1. The number of rotatable bonds is 4. The van der Waals surface area contributed by atoms with E-state index in [1.54, 1.807) is 7.11 Å². The number of benzene rings is 1. The molecule has 0 heterocycles. The van der Waals surface area contributed by atoms with E-state index >= 15 is 0 Å². The second kappa shape index (κ2) is 19.2. The normalized spacial score (nSPS) is 8.82. The molecule has 0 radical (unpaired) electrons. The summed E-state index contributed by atoms with van der Waals surface area (Å²) in [5.74, 6) is 0. The van der Waals surface area contributed by atoms with Gasteiger partial charge in [-0.05, 0) is 26.3 Å². The summed E-state index contributed by atoms with van der Waals surface area (Å²) in [6.07, 6.45) is 0.944. The van der Waals surface area contributed by atoms with E-state index in [2.05, 4.69) is 0 Å². The molecule has 0 fully saturated rings. The van der Waals surface area contributed by atoms with Gasteiger partial charge in [0.25, 0.3) is 6.47 Å². The SMILES string of the molecule is CC(C)(C)N.COCc1ccccc1.O=CCCO.O=CO. The first-order valence-electron chi connectivity index (χ1n) is 6.70. The molecular formula is C16H29NO5. The maximum atomic E-state index is 9.24. The lowest BCUT2D eigenvalue weighted by molar-refractivity contribution is -0.122. The summed E-state index contributed by atoms with van der Waals surface area (Å²) in [6.45, 7) is 6.33. The summed E-state index contributed by atoms with van der Waals surface area (Å²) in [6, 6.07) is 10.1. The number of ether oxygens (including phenoxy) is 1. The lowest BCUT2D eigenvalue weighted by Gasteiger charge is -2.06. The first-order chi connectivity index (χ1) is 10.3. The average molecular weight is 315 g/mol. The molecule has 0 bridgehead atoms. The third-order valence-electron chi connectivity index (χ3n) is 1.40. The van der Waals surface area contributed by atoms with Crippen LogP contribution in [0.5, 0.6) is 0 Å². The standard InChI is InChI=1S/C8H10O.C4H11N.C3H6O2.CH2O2/c1-9-7-8-5-3-2-4-6-8;1-4(2,3)5;4-2-1-3-5;2-1-3/h2-6H,7H2,1H3;5H2,1-3H3;2,5H,1,3H2;1H,(H,2,3). The first kappa shape index (κ1) is 25.2. The molecule has 1 rings (SSSR count). The van der Waals surface area contributed by atoms with Gasteiger partial charge in [-0.2, -0.15) is 0 Å². The van der Waals surface area contributed by atoms with Crippen molar-refractivity contribution in [2.75, 3.05) is 13.7 Å². The molecule has 0 saturated heterocycles. The van der Waals surface area contributed by atoms with E-state index in [1.165, 1.54) is 5.56 Å². The molecule has 0 atom stereocenters. The van der Waals surface area contributed by atoms with Crippen LogP contribution in [-0.2, 0) is 20.9 Å². The molecule has 0 aliphatic rings. The second-order valence-corrected chi connectivity index (χ2v) is 5.07. The molecule has 0 unspecified atom stereocenters. The Labute approximate surface area is 132 Å². The molecular weight excluding hydrogens is 286 g/mol. The molecule has 0 amide bonds. The van der Waals surface area contributed by atoms with Crippen molar-refractivity contribution in [3.63, 3.8) is 0 Å². The largest absolute Gasteiger partial charge is 0.483 e. The Balaban J connectivity index is -0.000000241. The number of carboxylic acid groups (broad SMARTS) is 1. The highest BCUT2D eigenvalue weighted by molar-refractivity contribution is 5.49. The zero-order valence-corrected chi connectivity index (χ0v) is 13.9. The van der Waals surface area contributed by atoms with Crippen molar-refractivity contribution < 1.29 is 24.5 Å². The zero-order chi connectivity index (χ0) is 17.9. The monoisotopic (exact) mass is 315 g/mol. The van der Waals surface area contributed by atoms with Gasteiger partial charge in [-0.1, -0.05) is 30.3 Å². The van der Waals surface area contributed by atoms with E-state index in [4.69, 9.17) is 25.5 Å². The van der Waals surface area contributed by atoms with Crippen molar-refractivity contribution in [3.05, 3.63) is 35.9 Å². The van der Waals surface area contributed by atoms with Crippen LogP contribution in [-0.4, -0.2) is 42.2 Å². The van der Waals surface area contributed by atoms with Crippen LogP contribution in [0, 0.1) is 0 Å². The lowest BCUT2D eigenvalue weighted by atomic mass is 10.1. The number of aliphatic hydroxyl groups is 1. The molecule has 0 aromatic heterocycles. The van der Waals surface area contributed by atoms with E-state index in [1.807, 2.05) is 51.1 Å². The van der Waals surface area contributed by atoms with Crippen LogP contribution < -0.4 is 5.73 Å². The van der Waals surface area contributed by atoms with E-state index in [9.17, 15) is 4.79 Å². The fourth-order valence-corrected chi connectivity index (χ4v) is 0.794. The highest BCUT2D eigenvalue weighted by Crippen LogP contribution is 1.98. The van der Waals surface area contributed by atoms with E-state index in [-0.39, 0.29) is 25.0 Å². The minimum atomic E-state index is -0.250. The van der Waals surface area contributed by atoms with Crippen LogP contribution in [0.1, 0.15) is 32.8 Å². The van der Waals surface area contributed by atoms with E-state index in [0.717, 1.165) is 0 Å². The van der Waals surface area contributed by atoms with Gasteiger partial charge in [0.05, 0.1) is 6.61 Å². The molecule has 0 aliphatic carbocycles. The Hall–Kier alpha value is -1.76. The fraction of sp³-hybridized carbons (Fsp3) is 0.500. The molecule has 6 nitrogen and oxygen atoms in total. The smallest absolute Gasteiger partial charge is 0.290 e. The van der Waals surface area contributed by atoms with Crippen LogP contribution in [0.3, 0.4) is 0 Å². The van der Waals surface area contributed by atoms with Gasteiger partial charge in [-0.15, -0.1) is 0 Å². The maximum Gasteiger partial charge on any atom is 0.290 e. The Morgan fingerprint density at radius 1 is 1.18 bits per heavy atom. The molecule has 0 aliphatic heterocycles. The van der Waals surface area contributed by atoms with Gasteiger partial charge in [-0.3, -0.25) is 4.79 Å². The van der Waals surface area contributed by atoms with Gasteiger partial charge in [0.2, 0.25) is 0 Å². The Morgan fingerprint density at radius 2 is 1.59 bits per heavy atom. The van der Waals surface area contributed by atoms with Crippen LogP contribution in [0.4, 0.5) is 0 Å². The van der Waals surface area contributed by atoms with Crippen LogP contribution >= 0.6 is 0 Å². The zero-order valence-electron chi connectivity index (χ0n) is 13.9. The summed E-state index contributed by atoms with van der Waals surface area (Å²) in [7, 11) is 1.70. The minimum Gasteiger partial charge on any atom is -0.483 e. The van der Waals surface area contributed by atoms with Crippen molar-refractivity contribution in [2.24, 2.45) is 5.73 Å².